The van der Waals surface area contributed by atoms with Gasteiger partial charge in [-0.3, -0.25) is 19.4 Å². The van der Waals surface area contributed by atoms with Gasteiger partial charge in [-0.2, -0.15) is 0 Å². The minimum Gasteiger partial charge on any atom is -0.345 e. The van der Waals surface area contributed by atoms with Crippen molar-refractivity contribution in [2.75, 3.05) is 44.4 Å². The zero-order valence-corrected chi connectivity index (χ0v) is 35.4. The number of nitrogens with one attached hydrogen (secondary N) is 3. The van der Waals surface area contributed by atoms with Gasteiger partial charge in [-0.1, -0.05) is 114 Å². The number of likely N-dealkylation sites (N-methyl/N-ethyl adjacent to an activating group) is 1. The van der Waals surface area contributed by atoms with E-state index in [2.05, 4.69) is 48.0 Å². The predicted molar refractivity (Wildman–Crippen MR) is 239 cm³/mol. The molecule has 2 aromatic carbocycles. The Morgan fingerprint density at radius 1 is 0.638 bits per heavy atom. The van der Waals surface area contributed by atoms with Crippen molar-refractivity contribution in [3.8, 4) is 0 Å². The first-order valence-corrected chi connectivity index (χ1v) is 21.2. The fourth-order valence-corrected chi connectivity index (χ4v) is 7.29. The summed E-state index contributed by atoms with van der Waals surface area (Å²) in [4.78, 5) is 44.0. The van der Waals surface area contributed by atoms with Crippen molar-refractivity contribution < 1.29 is 18.9 Å². The Bertz CT molecular complexity index is 2130. The molecule has 3 amide bonds. The third-order valence-electron chi connectivity index (χ3n) is 10.9. The first-order chi connectivity index (χ1) is 28.0. The van der Waals surface area contributed by atoms with Gasteiger partial charge in [-0.25, -0.2) is 0 Å². The molecule has 3 aromatic heterocycles. The summed E-state index contributed by atoms with van der Waals surface area (Å²) < 4.78 is 4.24. The maximum absolute atomic E-state index is 13.3. The van der Waals surface area contributed by atoms with Gasteiger partial charge in [0.05, 0.1) is 50.6 Å². The highest BCUT2D eigenvalue weighted by Gasteiger charge is 2.19. The molecule has 0 radical (unpaired) electrons. The van der Waals surface area contributed by atoms with E-state index in [9.17, 15) is 14.4 Å². The van der Waals surface area contributed by atoms with Crippen molar-refractivity contribution in [2.24, 2.45) is 14.1 Å². The minimum atomic E-state index is -0.352. The van der Waals surface area contributed by atoms with E-state index in [0.717, 1.165) is 39.6 Å². The van der Waals surface area contributed by atoms with Crippen molar-refractivity contribution in [1.29, 1.82) is 0 Å². The Kier molecular flexibility index (Phi) is 16.5. The number of nitrogens with zero attached hydrogens (tertiary/aromatic N) is 4. The molecule has 0 fully saturated rings. The molecule has 3 N–H and O–H groups in total. The van der Waals surface area contributed by atoms with Gasteiger partial charge in [0, 0.05) is 43.6 Å². The van der Waals surface area contributed by atoms with Gasteiger partial charge < -0.3 is 29.6 Å². The third kappa shape index (κ3) is 13.6. The summed E-state index contributed by atoms with van der Waals surface area (Å²) in [5, 5.41) is 9.95. The van der Waals surface area contributed by atoms with Crippen molar-refractivity contribution >= 4 is 52.2 Å². The Labute approximate surface area is 345 Å². The van der Waals surface area contributed by atoms with E-state index in [4.69, 9.17) is 0 Å². The van der Waals surface area contributed by atoms with Crippen LogP contribution in [0.15, 0.2) is 85.3 Å². The highest BCUT2D eigenvalue weighted by molar-refractivity contribution is 6.07. The number of unbranched alkanes of at least 4 members (excludes halogenated alkanes) is 11. The molecule has 0 saturated heterocycles. The van der Waals surface area contributed by atoms with Crippen molar-refractivity contribution in [3.05, 3.63) is 113 Å². The number of aromatic nitrogens is 3. The largest absolute Gasteiger partial charge is 0.345 e. The fourth-order valence-electron chi connectivity index (χ4n) is 7.29. The summed E-state index contributed by atoms with van der Waals surface area (Å²) in [5.41, 5.74) is 5.24. The topological polar surface area (TPSA) is 110 Å². The molecule has 0 spiro atoms. The molecule has 0 unspecified atom stereocenters. The number of hydrogen-bond donors (Lipinski definition) is 3. The lowest BCUT2D eigenvalue weighted by Gasteiger charge is -2.30. The molecule has 3 heterocycles. The number of amides is 3. The molecular weight excluding hydrogens is 723 g/mol. The number of benzene rings is 2. The van der Waals surface area contributed by atoms with E-state index in [0.29, 0.717) is 34.9 Å². The Morgan fingerprint density at radius 3 is 1.83 bits per heavy atom. The van der Waals surface area contributed by atoms with E-state index in [1.54, 1.807) is 59.9 Å². The van der Waals surface area contributed by atoms with Crippen molar-refractivity contribution in [3.63, 3.8) is 0 Å². The Hall–Kier alpha value is -5.48. The second-order valence-corrected chi connectivity index (χ2v) is 16.3. The molecule has 58 heavy (non-hydrogen) atoms. The molecule has 10 nitrogen and oxygen atoms in total. The standard InChI is InChI=1S/C48H63N7O3/c1-6-7-8-9-10-11-12-13-14-15-16-19-29-55(4,5)30-28-49-47(57)44-32-42(36-53(44)2)52-48(58)45-33-41(35-54(45)3)51-46(56)39-26-24-37(25-27-39)22-23-38-31-40-20-17-18-21-43(40)50-34-38/h17-18,20-27,31-36H,6-16,19,28-30H2,1-5H3,(H2-,49,51,52,56,57,58)/p+1/b23-22+. The SMILES string of the molecule is CCCCCCCCCCCCCC[N+](C)(C)CCNC(=O)c1cc(NC(=O)c2cc(NC(=O)c3ccc(/C=C/c4cnc5ccccc5c4)cc3)cn2C)cn1C. The Balaban J connectivity index is 1.02. The number of anilines is 2. The molecule has 0 aliphatic carbocycles. The van der Waals surface area contributed by atoms with E-state index >= 15 is 0 Å². The maximum Gasteiger partial charge on any atom is 0.272 e. The number of carbonyl (C=O) groups excluding carboxylic acids is 3. The molecule has 5 aromatic rings. The molecule has 0 aliphatic rings. The van der Waals surface area contributed by atoms with Crippen LogP contribution in [0.25, 0.3) is 23.1 Å². The van der Waals surface area contributed by atoms with Gasteiger partial charge in [0.1, 0.15) is 11.4 Å². The van der Waals surface area contributed by atoms with Crippen LogP contribution in [-0.4, -0.2) is 70.1 Å². The lowest BCUT2D eigenvalue weighted by Crippen LogP contribution is -2.46. The number of rotatable bonds is 23. The normalized spacial score (nSPS) is 11.7. The first-order valence-electron chi connectivity index (χ1n) is 21.2. The van der Waals surface area contributed by atoms with Crippen LogP contribution in [0.5, 0.6) is 0 Å². The van der Waals surface area contributed by atoms with E-state index in [1.807, 2.05) is 54.7 Å². The van der Waals surface area contributed by atoms with Crippen LogP contribution >= 0.6 is 0 Å². The van der Waals surface area contributed by atoms with Gasteiger partial charge >= 0.3 is 0 Å². The number of para-hydroxylation sites is 1. The number of aryl methyl sites for hydroxylation is 2. The van der Waals surface area contributed by atoms with Crippen molar-refractivity contribution in [2.45, 2.75) is 84.0 Å². The smallest absolute Gasteiger partial charge is 0.272 e. The van der Waals surface area contributed by atoms with Crippen LogP contribution < -0.4 is 16.0 Å². The lowest BCUT2D eigenvalue weighted by atomic mass is 10.1. The van der Waals surface area contributed by atoms with Crippen molar-refractivity contribution in [1.82, 2.24) is 19.4 Å². The quantitative estimate of drug-likeness (QED) is 0.0452. The first kappa shape index (κ1) is 43.6. The molecule has 10 heteroatoms. The second kappa shape index (κ2) is 21.9. The van der Waals surface area contributed by atoms with E-state index in [1.165, 1.54) is 77.0 Å². The zero-order chi connectivity index (χ0) is 41.3. The third-order valence-corrected chi connectivity index (χ3v) is 10.9. The number of pyridine rings is 1. The number of quaternary nitrogens is 1. The van der Waals surface area contributed by atoms with Crippen LogP contribution in [-0.2, 0) is 14.1 Å². The van der Waals surface area contributed by atoms with Crippen LogP contribution in [0, 0.1) is 0 Å². The highest BCUT2D eigenvalue weighted by Crippen LogP contribution is 2.20. The maximum atomic E-state index is 13.3. The molecule has 5 rings (SSSR count). The van der Waals surface area contributed by atoms with Gasteiger partial charge in [0.2, 0.25) is 0 Å². The van der Waals surface area contributed by atoms with Gasteiger partial charge in [-0.15, -0.1) is 0 Å². The van der Waals surface area contributed by atoms with Gasteiger partial charge in [0.25, 0.3) is 17.7 Å². The fraction of sp³-hybridized carbons (Fsp3) is 0.417. The average molecular weight is 787 g/mol. The highest BCUT2D eigenvalue weighted by atomic mass is 16.2. The summed E-state index contributed by atoms with van der Waals surface area (Å²) in [6.07, 6.45) is 25.4. The summed E-state index contributed by atoms with van der Waals surface area (Å²) >= 11 is 0. The van der Waals surface area contributed by atoms with Crippen LogP contribution in [0.2, 0.25) is 0 Å². The number of fused-ring (bicyclic) bond motifs is 1. The number of hydrogen-bond acceptors (Lipinski definition) is 4. The molecule has 0 aliphatic heterocycles. The molecule has 0 bridgehead atoms. The zero-order valence-electron chi connectivity index (χ0n) is 35.4. The summed E-state index contributed by atoms with van der Waals surface area (Å²) in [6.45, 7) is 4.78. The lowest BCUT2D eigenvalue weighted by molar-refractivity contribution is -0.889. The average Bonchev–Trinajstić information content (AvgIpc) is 3.77. The van der Waals surface area contributed by atoms with E-state index < -0.39 is 0 Å². The minimum absolute atomic E-state index is 0.177. The van der Waals surface area contributed by atoms with Gasteiger partial charge in [-0.05, 0) is 60.4 Å². The summed E-state index contributed by atoms with van der Waals surface area (Å²) in [6, 6.07) is 20.7. The molecular formula is C48H64N7O3+. The second-order valence-electron chi connectivity index (χ2n) is 16.3. The molecule has 308 valence electrons. The molecule has 0 atom stereocenters. The summed E-state index contributed by atoms with van der Waals surface area (Å²) in [5.74, 6) is -0.810. The van der Waals surface area contributed by atoms with Gasteiger partial charge in [0.15, 0.2) is 0 Å². The Morgan fingerprint density at radius 2 is 1.19 bits per heavy atom. The van der Waals surface area contributed by atoms with Crippen LogP contribution in [0.3, 0.4) is 0 Å². The number of carbonyl (C=O) groups is 3. The molecule has 0 saturated carbocycles. The monoisotopic (exact) mass is 787 g/mol. The predicted octanol–water partition coefficient (Wildman–Crippen LogP) is 10.1. The summed E-state index contributed by atoms with van der Waals surface area (Å²) in [7, 11) is 7.99. The van der Waals surface area contributed by atoms with E-state index in [-0.39, 0.29) is 17.7 Å². The van der Waals surface area contributed by atoms with Crippen LogP contribution in [0.1, 0.15) is 126 Å². The van der Waals surface area contributed by atoms with Crippen LogP contribution in [0.4, 0.5) is 11.4 Å².